The number of rotatable bonds is 14. The number of carbonyl (C=O) groups excluding carboxylic acids is 5. The van der Waals surface area contributed by atoms with Crippen LogP contribution >= 0.6 is 0 Å². The van der Waals surface area contributed by atoms with E-state index in [4.69, 9.17) is 23.7 Å². The van der Waals surface area contributed by atoms with Crippen LogP contribution in [-0.2, 0) is 53.3 Å². The van der Waals surface area contributed by atoms with Gasteiger partial charge < -0.3 is 23.7 Å². The van der Waals surface area contributed by atoms with Gasteiger partial charge in [0.1, 0.15) is 5.60 Å². The predicted molar refractivity (Wildman–Crippen MR) is 153 cm³/mol. The van der Waals surface area contributed by atoms with Crippen LogP contribution in [0.5, 0.6) is 0 Å². The highest BCUT2D eigenvalue weighted by molar-refractivity contribution is 5.72. The van der Waals surface area contributed by atoms with Crippen LogP contribution < -0.4 is 0 Å². The SMILES string of the molecule is CC(=O)OC(C=O)C(OC(C)=O)C(OC(C)=O)C(COC(c1ccccc1)(c1ccccc1)c1ccccc1)OC(C)=O. The van der Waals surface area contributed by atoms with E-state index in [1.54, 1.807) is 0 Å². The molecule has 0 aliphatic carbocycles. The first kappa shape index (κ1) is 32.7. The van der Waals surface area contributed by atoms with Gasteiger partial charge in [-0.2, -0.15) is 0 Å². The van der Waals surface area contributed by atoms with E-state index in [1.807, 2.05) is 91.0 Å². The lowest BCUT2D eigenvalue weighted by atomic mass is 9.80. The summed E-state index contributed by atoms with van der Waals surface area (Å²) in [6.45, 7) is 3.94. The molecular weight excluding hydrogens is 556 g/mol. The van der Waals surface area contributed by atoms with Crippen molar-refractivity contribution in [1.82, 2.24) is 0 Å². The summed E-state index contributed by atoms with van der Waals surface area (Å²) in [7, 11) is 0. The molecular formula is C33H34O10. The first-order valence-corrected chi connectivity index (χ1v) is 13.5. The molecule has 3 rings (SSSR count). The maximum atomic E-state index is 12.4. The standard InChI is InChI=1S/C33H34O10/c1-22(35)40-29(20-34)31(42-24(3)37)32(43-25(4)38)30(41-23(2)36)21-39-33(26-14-8-5-9-15-26,27-16-10-6-11-17-27)28-18-12-7-13-19-28/h5-20,29-32H,21H2,1-4H3. The second-order valence-electron chi connectivity index (χ2n) is 9.60. The lowest BCUT2D eigenvalue weighted by molar-refractivity contribution is -0.203. The van der Waals surface area contributed by atoms with Gasteiger partial charge in [-0.3, -0.25) is 24.0 Å². The predicted octanol–water partition coefficient (Wildman–Crippen LogP) is 3.92. The Morgan fingerprint density at radius 3 is 1.30 bits per heavy atom. The van der Waals surface area contributed by atoms with Crippen molar-refractivity contribution in [2.45, 2.75) is 57.7 Å². The zero-order chi connectivity index (χ0) is 31.4. The smallest absolute Gasteiger partial charge is 0.303 e. The third kappa shape index (κ3) is 8.59. The Kier molecular flexibility index (Phi) is 11.7. The van der Waals surface area contributed by atoms with Crippen molar-refractivity contribution in [2.75, 3.05) is 6.61 Å². The Morgan fingerprint density at radius 2 is 0.953 bits per heavy atom. The van der Waals surface area contributed by atoms with Gasteiger partial charge in [0.15, 0.2) is 30.7 Å². The van der Waals surface area contributed by atoms with Crippen molar-refractivity contribution in [3.05, 3.63) is 108 Å². The molecule has 226 valence electrons. The zero-order valence-electron chi connectivity index (χ0n) is 24.3. The Hall–Kier alpha value is -4.83. The van der Waals surface area contributed by atoms with E-state index in [0.717, 1.165) is 44.4 Å². The van der Waals surface area contributed by atoms with Gasteiger partial charge in [-0.15, -0.1) is 0 Å². The maximum absolute atomic E-state index is 12.4. The summed E-state index contributed by atoms with van der Waals surface area (Å²) >= 11 is 0. The number of esters is 4. The van der Waals surface area contributed by atoms with Gasteiger partial charge in [-0.25, -0.2) is 0 Å². The molecule has 0 spiro atoms. The monoisotopic (exact) mass is 590 g/mol. The van der Waals surface area contributed by atoms with Crippen LogP contribution in [0, 0.1) is 0 Å². The number of aldehydes is 1. The fourth-order valence-corrected chi connectivity index (χ4v) is 4.81. The maximum Gasteiger partial charge on any atom is 0.303 e. The van der Waals surface area contributed by atoms with E-state index >= 15 is 0 Å². The van der Waals surface area contributed by atoms with Crippen molar-refractivity contribution in [3.8, 4) is 0 Å². The molecule has 0 amide bonds. The first-order valence-electron chi connectivity index (χ1n) is 13.5. The Balaban J connectivity index is 2.20. The summed E-state index contributed by atoms with van der Waals surface area (Å²) in [5.41, 5.74) is 0.945. The van der Waals surface area contributed by atoms with Gasteiger partial charge in [0, 0.05) is 27.7 Å². The van der Waals surface area contributed by atoms with Crippen LogP contribution in [0.15, 0.2) is 91.0 Å². The molecule has 0 saturated carbocycles. The molecule has 4 atom stereocenters. The Bertz CT molecular complexity index is 1280. The summed E-state index contributed by atoms with van der Waals surface area (Å²) in [4.78, 5) is 60.6. The molecule has 0 bridgehead atoms. The second kappa shape index (κ2) is 15.4. The second-order valence-corrected chi connectivity index (χ2v) is 9.60. The topological polar surface area (TPSA) is 132 Å². The van der Waals surface area contributed by atoms with Crippen LogP contribution in [-0.4, -0.2) is 61.2 Å². The van der Waals surface area contributed by atoms with E-state index in [0.29, 0.717) is 0 Å². The van der Waals surface area contributed by atoms with Crippen molar-refractivity contribution >= 4 is 30.2 Å². The molecule has 0 aromatic heterocycles. The molecule has 0 radical (unpaired) electrons. The molecule has 0 N–H and O–H groups in total. The van der Waals surface area contributed by atoms with Gasteiger partial charge in [0.2, 0.25) is 0 Å². The third-order valence-electron chi connectivity index (χ3n) is 6.38. The van der Waals surface area contributed by atoms with Crippen molar-refractivity contribution in [2.24, 2.45) is 0 Å². The molecule has 3 aromatic carbocycles. The van der Waals surface area contributed by atoms with E-state index in [9.17, 15) is 24.0 Å². The van der Waals surface area contributed by atoms with Crippen molar-refractivity contribution < 1.29 is 47.7 Å². The minimum atomic E-state index is -1.69. The number of benzene rings is 3. The summed E-state index contributed by atoms with van der Waals surface area (Å²) in [5, 5.41) is 0. The molecule has 0 aliphatic rings. The number of ether oxygens (including phenoxy) is 5. The van der Waals surface area contributed by atoms with Gasteiger partial charge in [-0.05, 0) is 16.7 Å². The fraction of sp³-hybridized carbons (Fsp3) is 0.303. The molecule has 10 nitrogen and oxygen atoms in total. The van der Waals surface area contributed by atoms with E-state index in [-0.39, 0.29) is 6.29 Å². The van der Waals surface area contributed by atoms with Gasteiger partial charge in [-0.1, -0.05) is 91.0 Å². The summed E-state index contributed by atoms with van der Waals surface area (Å²) in [6, 6.07) is 28.0. The largest absolute Gasteiger partial charge is 0.456 e. The molecule has 0 saturated heterocycles. The average Bonchev–Trinajstić information content (AvgIpc) is 2.98. The summed E-state index contributed by atoms with van der Waals surface area (Å²) < 4.78 is 28.3. The molecule has 4 unspecified atom stereocenters. The van der Waals surface area contributed by atoms with E-state index in [2.05, 4.69) is 0 Å². The van der Waals surface area contributed by atoms with Gasteiger partial charge in [0.05, 0.1) is 6.61 Å². The third-order valence-corrected chi connectivity index (χ3v) is 6.38. The molecule has 43 heavy (non-hydrogen) atoms. The zero-order valence-corrected chi connectivity index (χ0v) is 24.3. The highest BCUT2D eigenvalue weighted by Gasteiger charge is 2.46. The van der Waals surface area contributed by atoms with Crippen LogP contribution in [0.3, 0.4) is 0 Å². The molecule has 3 aromatic rings. The van der Waals surface area contributed by atoms with Crippen molar-refractivity contribution in [1.29, 1.82) is 0 Å². The number of hydrogen-bond acceptors (Lipinski definition) is 10. The van der Waals surface area contributed by atoms with Crippen LogP contribution in [0.1, 0.15) is 44.4 Å². The fourth-order valence-electron chi connectivity index (χ4n) is 4.81. The lowest BCUT2D eigenvalue weighted by Crippen LogP contribution is -2.54. The lowest BCUT2D eigenvalue weighted by Gasteiger charge is -2.39. The Labute approximate surface area is 249 Å². The molecule has 10 heteroatoms. The quantitative estimate of drug-likeness (QED) is 0.118. The number of hydrogen-bond donors (Lipinski definition) is 0. The van der Waals surface area contributed by atoms with Crippen LogP contribution in [0.2, 0.25) is 0 Å². The normalized spacial score (nSPS) is 13.9. The van der Waals surface area contributed by atoms with Crippen LogP contribution in [0.4, 0.5) is 0 Å². The molecule has 0 heterocycles. The Morgan fingerprint density at radius 1 is 0.581 bits per heavy atom. The first-order chi connectivity index (χ1) is 20.6. The van der Waals surface area contributed by atoms with Gasteiger partial charge in [0.25, 0.3) is 0 Å². The minimum absolute atomic E-state index is 0.236. The summed E-state index contributed by atoms with van der Waals surface area (Å²) in [6.07, 6.45) is -6.17. The van der Waals surface area contributed by atoms with E-state index in [1.165, 1.54) is 0 Å². The van der Waals surface area contributed by atoms with Crippen molar-refractivity contribution in [3.63, 3.8) is 0 Å². The molecule has 0 fully saturated rings. The van der Waals surface area contributed by atoms with Gasteiger partial charge >= 0.3 is 23.9 Å². The minimum Gasteiger partial charge on any atom is -0.456 e. The number of carbonyl (C=O) groups is 5. The van der Waals surface area contributed by atoms with Crippen LogP contribution in [0.25, 0.3) is 0 Å². The molecule has 0 aliphatic heterocycles. The van der Waals surface area contributed by atoms with E-state index < -0.39 is 60.5 Å². The highest BCUT2D eigenvalue weighted by Crippen LogP contribution is 2.41. The average molecular weight is 591 g/mol. The summed E-state index contributed by atoms with van der Waals surface area (Å²) in [5.74, 6) is -3.33. The highest BCUT2D eigenvalue weighted by atomic mass is 16.6.